The first-order valence-corrected chi connectivity index (χ1v) is 6.51. The van der Waals surface area contributed by atoms with Crippen LogP contribution in [0, 0.1) is 0 Å². The predicted octanol–water partition coefficient (Wildman–Crippen LogP) is 1.43. The number of hydrogen-bond acceptors (Lipinski definition) is 5. The molecule has 7 nitrogen and oxygen atoms in total. The van der Waals surface area contributed by atoms with Crippen LogP contribution in [0.4, 0.5) is 20.3 Å². The molecular weight excluding hydrogens is 310 g/mol. The molecular formula is C14H10F2N4O3. The number of anilines is 2. The second-order valence-electron chi connectivity index (χ2n) is 4.62. The lowest BCUT2D eigenvalue weighted by Gasteiger charge is -2.32. The van der Waals surface area contributed by atoms with E-state index in [-0.39, 0.29) is 17.3 Å². The summed E-state index contributed by atoms with van der Waals surface area (Å²) in [5.41, 5.74) is 0.0951. The summed E-state index contributed by atoms with van der Waals surface area (Å²) in [4.78, 5) is 32.1. The van der Waals surface area contributed by atoms with Crippen molar-refractivity contribution in [1.29, 1.82) is 0 Å². The average molecular weight is 320 g/mol. The number of halogens is 2. The van der Waals surface area contributed by atoms with E-state index in [0.29, 0.717) is 4.90 Å². The quantitative estimate of drug-likeness (QED) is 0.925. The van der Waals surface area contributed by atoms with Crippen LogP contribution in [0.1, 0.15) is 0 Å². The number of fused-ring (bicyclic) bond motifs is 1. The van der Waals surface area contributed by atoms with Crippen LogP contribution < -0.4 is 15.0 Å². The van der Waals surface area contributed by atoms with Gasteiger partial charge in [-0.1, -0.05) is 12.1 Å². The van der Waals surface area contributed by atoms with Gasteiger partial charge in [0.1, 0.15) is 6.54 Å². The topological polar surface area (TPSA) is 84.4 Å². The lowest BCUT2D eigenvalue weighted by Crippen LogP contribution is -2.52. The summed E-state index contributed by atoms with van der Waals surface area (Å²) in [6.07, 6.45) is 0.0413. The van der Waals surface area contributed by atoms with Crippen LogP contribution in [-0.2, 0) is 9.59 Å². The number of rotatable bonds is 3. The SMILES string of the molecule is O=C(CN1C(=O)C(F)(F)Oc2ccccc21)Nc1cnccn1. The second-order valence-corrected chi connectivity index (χ2v) is 4.62. The average Bonchev–Trinajstić information content (AvgIpc) is 2.52. The Hall–Kier alpha value is -3.10. The molecule has 1 aromatic heterocycles. The molecule has 0 fully saturated rings. The molecule has 118 valence electrons. The largest absolute Gasteiger partial charge is 0.482 e. The van der Waals surface area contributed by atoms with Gasteiger partial charge in [-0.15, -0.1) is 0 Å². The van der Waals surface area contributed by atoms with Gasteiger partial charge in [0.25, 0.3) is 0 Å². The fraction of sp³-hybridized carbons (Fsp3) is 0.143. The third-order valence-electron chi connectivity index (χ3n) is 3.02. The van der Waals surface area contributed by atoms with E-state index in [4.69, 9.17) is 0 Å². The van der Waals surface area contributed by atoms with Gasteiger partial charge >= 0.3 is 12.0 Å². The summed E-state index contributed by atoms with van der Waals surface area (Å²) in [7, 11) is 0. The van der Waals surface area contributed by atoms with Crippen LogP contribution in [0.25, 0.3) is 0 Å². The van der Waals surface area contributed by atoms with Crippen molar-refractivity contribution in [3.63, 3.8) is 0 Å². The molecule has 2 heterocycles. The minimum Gasteiger partial charge on any atom is -0.423 e. The highest BCUT2D eigenvalue weighted by molar-refractivity contribution is 6.06. The lowest BCUT2D eigenvalue weighted by atomic mass is 10.2. The minimum absolute atomic E-state index is 0.0951. The number of benzene rings is 1. The van der Waals surface area contributed by atoms with Crippen LogP contribution in [0.5, 0.6) is 5.75 Å². The van der Waals surface area contributed by atoms with E-state index in [0.717, 1.165) is 0 Å². The number of nitrogens with zero attached hydrogens (tertiary/aromatic N) is 3. The van der Waals surface area contributed by atoms with Crippen molar-refractivity contribution in [3.05, 3.63) is 42.9 Å². The van der Waals surface area contributed by atoms with Crippen molar-refractivity contribution in [2.24, 2.45) is 0 Å². The van der Waals surface area contributed by atoms with Crippen LogP contribution in [0.3, 0.4) is 0 Å². The Kier molecular flexibility index (Phi) is 3.61. The molecule has 1 aliphatic rings. The Morgan fingerprint density at radius 1 is 1.30 bits per heavy atom. The molecule has 0 saturated carbocycles. The van der Waals surface area contributed by atoms with E-state index in [1.807, 2.05) is 0 Å². The van der Waals surface area contributed by atoms with E-state index >= 15 is 0 Å². The van der Waals surface area contributed by atoms with Crippen LogP contribution in [0.15, 0.2) is 42.9 Å². The van der Waals surface area contributed by atoms with Crippen molar-refractivity contribution >= 4 is 23.3 Å². The number of amides is 2. The maximum Gasteiger partial charge on any atom is 0.482 e. The van der Waals surface area contributed by atoms with Gasteiger partial charge in [-0.05, 0) is 12.1 Å². The monoisotopic (exact) mass is 320 g/mol. The highest BCUT2D eigenvalue weighted by Gasteiger charge is 2.50. The smallest absolute Gasteiger partial charge is 0.423 e. The molecule has 3 rings (SSSR count). The molecule has 1 aromatic carbocycles. The molecule has 0 aliphatic carbocycles. The van der Waals surface area contributed by atoms with Gasteiger partial charge in [0.15, 0.2) is 11.6 Å². The highest BCUT2D eigenvalue weighted by atomic mass is 19.3. The molecule has 23 heavy (non-hydrogen) atoms. The molecule has 0 atom stereocenters. The molecule has 2 amide bonds. The van der Waals surface area contributed by atoms with Gasteiger partial charge in [0.05, 0.1) is 11.9 Å². The van der Waals surface area contributed by atoms with E-state index < -0.39 is 24.5 Å². The zero-order chi connectivity index (χ0) is 16.4. The van der Waals surface area contributed by atoms with Crippen LogP contribution in [0.2, 0.25) is 0 Å². The first-order valence-electron chi connectivity index (χ1n) is 6.51. The van der Waals surface area contributed by atoms with Crippen LogP contribution in [-0.4, -0.2) is 34.4 Å². The Labute approximate surface area is 128 Å². The number of aromatic nitrogens is 2. The summed E-state index contributed by atoms with van der Waals surface area (Å²) in [6, 6.07) is 5.75. The van der Waals surface area contributed by atoms with E-state index in [9.17, 15) is 18.4 Å². The van der Waals surface area contributed by atoms with Gasteiger partial charge in [0.2, 0.25) is 5.91 Å². The third kappa shape index (κ3) is 2.93. The summed E-state index contributed by atoms with van der Waals surface area (Å²) in [5, 5.41) is 2.38. The van der Waals surface area contributed by atoms with E-state index in [2.05, 4.69) is 20.0 Å². The van der Waals surface area contributed by atoms with Gasteiger partial charge in [-0.3, -0.25) is 19.5 Å². The number of alkyl halides is 2. The Balaban J connectivity index is 1.83. The second kappa shape index (κ2) is 5.59. The molecule has 0 spiro atoms. The first-order chi connectivity index (χ1) is 11.0. The molecule has 0 bridgehead atoms. The Bertz CT molecular complexity index is 755. The minimum atomic E-state index is -4.03. The third-order valence-corrected chi connectivity index (χ3v) is 3.02. The maximum atomic E-state index is 13.6. The Morgan fingerprint density at radius 3 is 2.83 bits per heavy atom. The fourth-order valence-corrected chi connectivity index (χ4v) is 2.06. The maximum absolute atomic E-state index is 13.6. The molecule has 9 heteroatoms. The van der Waals surface area contributed by atoms with Gasteiger partial charge < -0.3 is 10.1 Å². The molecule has 0 radical (unpaired) electrons. The number of carbonyl (C=O) groups is 2. The summed E-state index contributed by atoms with van der Waals surface area (Å²) in [6.45, 7) is -0.606. The fourth-order valence-electron chi connectivity index (χ4n) is 2.06. The molecule has 2 aromatic rings. The number of hydrogen-bond donors (Lipinski definition) is 1. The van der Waals surface area contributed by atoms with Crippen molar-refractivity contribution in [3.8, 4) is 5.75 Å². The van der Waals surface area contributed by atoms with Crippen molar-refractivity contribution in [1.82, 2.24) is 9.97 Å². The van der Waals surface area contributed by atoms with Crippen molar-refractivity contribution in [2.75, 3.05) is 16.8 Å². The molecule has 1 aliphatic heterocycles. The van der Waals surface area contributed by atoms with Crippen LogP contribution >= 0.6 is 0 Å². The zero-order valence-corrected chi connectivity index (χ0v) is 11.6. The van der Waals surface area contributed by atoms with Gasteiger partial charge in [-0.2, -0.15) is 8.78 Å². The summed E-state index contributed by atoms with van der Waals surface area (Å²) in [5.74, 6) is -2.32. The van der Waals surface area contributed by atoms with Crippen molar-refractivity contribution in [2.45, 2.75) is 6.11 Å². The Morgan fingerprint density at radius 2 is 2.09 bits per heavy atom. The zero-order valence-electron chi connectivity index (χ0n) is 11.6. The van der Waals surface area contributed by atoms with E-state index in [1.165, 1.54) is 36.8 Å². The standard InChI is InChI=1S/C14H10F2N4O3/c15-14(16)13(22)20(9-3-1-2-4-10(9)23-14)8-12(21)19-11-7-17-5-6-18-11/h1-7H,8H2,(H,18,19,21). The molecule has 0 saturated heterocycles. The number of ether oxygens (including phenoxy) is 1. The lowest BCUT2D eigenvalue weighted by molar-refractivity contribution is -0.192. The number of nitrogens with one attached hydrogen (secondary N) is 1. The molecule has 0 unspecified atom stereocenters. The highest BCUT2D eigenvalue weighted by Crippen LogP contribution is 2.38. The van der Waals surface area contributed by atoms with Crippen molar-refractivity contribution < 1.29 is 23.1 Å². The van der Waals surface area contributed by atoms with E-state index in [1.54, 1.807) is 6.07 Å². The predicted molar refractivity (Wildman–Crippen MR) is 75.0 cm³/mol. The molecule has 1 N–H and O–H groups in total. The normalized spacial score (nSPS) is 15.6. The van der Waals surface area contributed by atoms with Gasteiger partial charge in [0, 0.05) is 12.4 Å². The number of carbonyl (C=O) groups excluding carboxylic acids is 2. The first kappa shape index (κ1) is 14.8. The summed E-state index contributed by atoms with van der Waals surface area (Å²) >= 11 is 0. The van der Waals surface area contributed by atoms with Gasteiger partial charge in [-0.25, -0.2) is 4.98 Å². The summed E-state index contributed by atoms with van der Waals surface area (Å²) < 4.78 is 31.7. The number of para-hydroxylation sites is 2.